The van der Waals surface area contributed by atoms with E-state index in [9.17, 15) is 0 Å². The Labute approximate surface area is 179 Å². The van der Waals surface area contributed by atoms with Crippen LogP contribution in [-0.4, -0.2) is 25.4 Å². The molecule has 0 N–H and O–H groups in total. The van der Waals surface area contributed by atoms with Crippen molar-refractivity contribution in [1.82, 2.24) is 0 Å². The van der Waals surface area contributed by atoms with Gasteiger partial charge in [0.25, 0.3) is 0 Å². The number of ether oxygens (including phenoxy) is 3. The van der Waals surface area contributed by atoms with Gasteiger partial charge in [-0.3, -0.25) is 0 Å². The van der Waals surface area contributed by atoms with E-state index in [1.54, 1.807) is 0 Å². The van der Waals surface area contributed by atoms with Crippen molar-refractivity contribution < 1.29 is 14.2 Å². The maximum atomic E-state index is 6.62. The van der Waals surface area contributed by atoms with Crippen LogP contribution in [-0.2, 0) is 14.2 Å². The first-order valence-electron chi connectivity index (χ1n) is 7.82. The van der Waals surface area contributed by atoms with Gasteiger partial charge in [-0.25, -0.2) is 0 Å². The number of hydrogen-bond donors (Lipinski definition) is 0. The third-order valence-electron chi connectivity index (χ3n) is 4.26. The van der Waals surface area contributed by atoms with E-state index in [0.717, 1.165) is 29.0 Å². The molecule has 2 heterocycles. The molecular weight excluding hydrogens is 584 g/mol. The number of rotatable bonds is 6. The Kier molecular flexibility index (Phi) is 5.73. The summed E-state index contributed by atoms with van der Waals surface area (Å²) < 4.78 is 21.8. The average Bonchev–Trinajstić information content (AvgIpc) is 3.46. The van der Waals surface area contributed by atoms with Gasteiger partial charge >= 0.3 is 0 Å². The van der Waals surface area contributed by atoms with Crippen LogP contribution in [0.1, 0.15) is 23.3 Å². The largest absolute Gasteiger partial charge is 0.370 e. The van der Waals surface area contributed by atoms with Gasteiger partial charge in [0, 0.05) is 29.0 Å². The molecule has 0 radical (unpaired) electrons. The molecule has 0 saturated carbocycles. The summed E-state index contributed by atoms with van der Waals surface area (Å²) in [5.74, 6) is 0. The van der Waals surface area contributed by atoms with Gasteiger partial charge in [-0.2, -0.15) is 0 Å². The van der Waals surface area contributed by atoms with E-state index in [4.69, 9.17) is 14.2 Å². The lowest BCUT2D eigenvalue weighted by atomic mass is 10.0. The minimum absolute atomic E-state index is 0.0533. The number of hydrogen-bond acceptors (Lipinski definition) is 3. The molecule has 0 amide bonds. The van der Waals surface area contributed by atoms with E-state index in [0.29, 0.717) is 13.2 Å². The highest BCUT2D eigenvalue weighted by Crippen LogP contribution is 2.46. The number of benzene rings is 2. The van der Waals surface area contributed by atoms with Crippen LogP contribution in [0.4, 0.5) is 0 Å². The van der Waals surface area contributed by atoms with Gasteiger partial charge in [0.2, 0.25) is 0 Å². The average molecular weight is 598 g/mol. The second-order valence-corrected chi connectivity index (χ2v) is 9.41. The van der Waals surface area contributed by atoms with Crippen molar-refractivity contribution in [2.45, 2.75) is 24.4 Å². The number of halogens is 4. The molecule has 2 fully saturated rings. The lowest BCUT2D eigenvalue weighted by Gasteiger charge is -2.26. The van der Waals surface area contributed by atoms with E-state index in [2.05, 4.69) is 63.7 Å². The van der Waals surface area contributed by atoms with Crippen LogP contribution in [0.3, 0.4) is 0 Å². The summed E-state index contributed by atoms with van der Waals surface area (Å²) in [7, 11) is 0. The Balaban J connectivity index is 1.71. The normalized spacial score (nSPS) is 24.0. The van der Waals surface area contributed by atoms with Crippen molar-refractivity contribution >= 4 is 63.7 Å². The lowest BCUT2D eigenvalue weighted by molar-refractivity contribution is -0.0432. The summed E-state index contributed by atoms with van der Waals surface area (Å²) >= 11 is 14.6. The van der Waals surface area contributed by atoms with Crippen molar-refractivity contribution in [3.05, 3.63) is 65.4 Å². The van der Waals surface area contributed by atoms with Crippen LogP contribution in [0.25, 0.3) is 0 Å². The maximum Gasteiger partial charge on any atom is 0.114 e. The number of epoxide rings is 2. The molecule has 2 aromatic carbocycles. The van der Waals surface area contributed by atoms with Crippen molar-refractivity contribution in [2.75, 3.05) is 13.2 Å². The van der Waals surface area contributed by atoms with E-state index in [1.165, 1.54) is 0 Å². The summed E-state index contributed by atoms with van der Waals surface area (Å²) in [5, 5.41) is 0. The standard InChI is InChI=1S/C18H14Br4O3/c19-9-3-1-4-10(20)15(9)17(13-7-23-13)25-18(14-8-24-14)16-11(21)5-2-6-12(16)22/h1-6,13-14,17-18H,7-8H2. The van der Waals surface area contributed by atoms with Gasteiger partial charge in [-0.05, 0) is 24.3 Å². The molecule has 3 nitrogen and oxygen atoms in total. The SMILES string of the molecule is Brc1cccc(Br)c1C(OC(c1c(Br)cccc1Br)C1CO1)C1CO1. The fraction of sp³-hybridized carbons (Fsp3) is 0.333. The second-order valence-electron chi connectivity index (χ2n) is 5.99. The molecule has 0 aliphatic carbocycles. The molecule has 0 aromatic heterocycles. The molecule has 4 rings (SSSR count). The van der Waals surface area contributed by atoms with Crippen LogP contribution in [0.5, 0.6) is 0 Å². The predicted octanol–water partition coefficient (Wildman–Crippen LogP) is 6.33. The quantitative estimate of drug-likeness (QED) is 0.365. The third kappa shape index (κ3) is 4.08. The minimum Gasteiger partial charge on any atom is -0.370 e. The zero-order chi connectivity index (χ0) is 17.6. The third-order valence-corrected chi connectivity index (χ3v) is 7.02. The summed E-state index contributed by atoms with van der Waals surface area (Å²) in [4.78, 5) is 0. The van der Waals surface area contributed by atoms with E-state index < -0.39 is 0 Å². The smallest absolute Gasteiger partial charge is 0.114 e. The maximum absolute atomic E-state index is 6.62. The molecular formula is C18H14Br4O3. The van der Waals surface area contributed by atoms with Gasteiger partial charge in [-0.1, -0.05) is 75.9 Å². The Hall–Kier alpha value is 0.240. The van der Waals surface area contributed by atoms with Gasteiger partial charge in [0.1, 0.15) is 24.4 Å². The Morgan fingerprint density at radius 2 is 1.04 bits per heavy atom. The molecule has 2 saturated heterocycles. The predicted molar refractivity (Wildman–Crippen MR) is 110 cm³/mol. The summed E-state index contributed by atoms with van der Waals surface area (Å²) in [6.07, 6.45) is -0.258. The van der Waals surface area contributed by atoms with E-state index >= 15 is 0 Å². The topological polar surface area (TPSA) is 34.3 Å². The Morgan fingerprint density at radius 1 is 0.720 bits per heavy atom. The van der Waals surface area contributed by atoms with Crippen molar-refractivity contribution in [3.63, 3.8) is 0 Å². The van der Waals surface area contributed by atoms with Crippen LogP contribution in [0.2, 0.25) is 0 Å². The second kappa shape index (κ2) is 7.70. The molecule has 0 spiro atoms. The molecule has 2 aliphatic heterocycles. The first-order chi connectivity index (χ1) is 12.1. The van der Waals surface area contributed by atoms with Gasteiger partial charge < -0.3 is 14.2 Å². The molecule has 4 atom stereocenters. The van der Waals surface area contributed by atoms with Crippen LogP contribution in [0.15, 0.2) is 54.3 Å². The zero-order valence-electron chi connectivity index (χ0n) is 12.9. The van der Waals surface area contributed by atoms with Gasteiger partial charge in [0.15, 0.2) is 0 Å². The van der Waals surface area contributed by atoms with Crippen LogP contribution < -0.4 is 0 Å². The highest BCUT2D eigenvalue weighted by atomic mass is 79.9. The van der Waals surface area contributed by atoms with Crippen molar-refractivity contribution in [2.24, 2.45) is 0 Å². The fourth-order valence-corrected chi connectivity index (χ4v) is 5.77. The van der Waals surface area contributed by atoms with Crippen LogP contribution in [0, 0.1) is 0 Å². The fourth-order valence-electron chi connectivity index (χ4n) is 2.87. The molecule has 4 unspecified atom stereocenters. The summed E-state index contributed by atoms with van der Waals surface area (Å²) in [6.45, 7) is 1.40. The van der Waals surface area contributed by atoms with E-state index in [1.807, 2.05) is 36.4 Å². The Morgan fingerprint density at radius 3 is 1.32 bits per heavy atom. The lowest BCUT2D eigenvalue weighted by Crippen LogP contribution is -2.20. The monoisotopic (exact) mass is 594 g/mol. The highest BCUT2D eigenvalue weighted by Gasteiger charge is 2.44. The van der Waals surface area contributed by atoms with Gasteiger partial charge in [-0.15, -0.1) is 0 Å². The summed E-state index contributed by atoms with van der Waals surface area (Å²) in [5.41, 5.74) is 2.14. The molecule has 2 aromatic rings. The Bertz CT molecular complexity index is 684. The summed E-state index contributed by atoms with van der Waals surface area (Å²) in [6, 6.07) is 12.1. The van der Waals surface area contributed by atoms with Crippen molar-refractivity contribution in [1.29, 1.82) is 0 Å². The minimum atomic E-state index is -0.182. The van der Waals surface area contributed by atoms with Crippen molar-refractivity contribution in [3.8, 4) is 0 Å². The van der Waals surface area contributed by atoms with Gasteiger partial charge in [0.05, 0.1) is 13.2 Å². The first-order valence-corrected chi connectivity index (χ1v) is 11.0. The molecule has 7 heteroatoms. The first kappa shape index (κ1) is 18.6. The molecule has 0 bridgehead atoms. The van der Waals surface area contributed by atoms with Crippen LogP contribution >= 0.6 is 63.7 Å². The zero-order valence-corrected chi connectivity index (χ0v) is 19.3. The molecule has 25 heavy (non-hydrogen) atoms. The highest BCUT2D eigenvalue weighted by molar-refractivity contribution is 9.11. The molecule has 2 aliphatic rings. The molecule has 132 valence electrons. The van der Waals surface area contributed by atoms with E-state index in [-0.39, 0.29) is 24.4 Å².